The fourth-order valence-electron chi connectivity index (χ4n) is 3.73. The van der Waals surface area contributed by atoms with Crippen molar-refractivity contribution >= 4 is 23.5 Å². The molecule has 0 unspecified atom stereocenters. The molecule has 0 aliphatic carbocycles. The average Bonchev–Trinajstić information content (AvgIpc) is 3.18. The Kier molecular flexibility index (Phi) is 7.07. The maximum atomic E-state index is 13.2. The maximum Gasteiger partial charge on any atom is 0.333 e. The molecule has 7 heteroatoms. The van der Waals surface area contributed by atoms with Crippen LogP contribution in [0.5, 0.6) is 0 Å². The van der Waals surface area contributed by atoms with E-state index in [0.29, 0.717) is 5.57 Å². The molecule has 1 aliphatic heterocycles. The van der Waals surface area contributed by atoms with Crippen LogP contribution in [0, 0.1) is 0 Å². The Morgan fingerprint density at radius 2 is 1.61 bits per heavy atom. The van der Waals surface area contributed by atoms with Gasteiger partial charge in [-0.15, -0.1) is 0 Å². The van der Waals surface area contributed by atoms with E-state index in [1.165, 1.54) is 19.1 Å². The van der Waals surface area contributed by atoms with E-state index in [1.807, 2.05) is 67.6 Å². The van der Waals surface area contributed by atoms with E-state index >= 15 is 0 Å². The number of rotatable bonds is 6. The number of hydrogen-bond acceptors (Lipinski definition) is 5. The number of esters is 2. The number of methoxy groups -OCH3 is 2. The van der Waals surface area contributed by atoms with Crippen molar-refractivity contribution < 1.29 is 23.9 Å². The maximum absolute atomic E-state index is 13.2. The van der Waals surface area contributed by atoms with Crippen LogP contribution >= 0.6 is 0 Å². The minimum atomic E-state index is -1.01. The summed E-state index contributed by atoms with van der Waals surface area (Å²) in [5, 5.41) is 2.94. The number of hydrogen-bond donors (Lipinski definition) is 1. The molecule has 2 atom stereocenters. The van der Waals surface area contributed by atoms with Gasteiger partial charge >= 0.3 is 18.0 Å². The van der Waals surface area contributed by atoms with Gasteiger partial charge in [0, 0.05) is 6.54 Å². The van der Waals surface area contributed by atoms with E-state index in [4.69, 9.17) is 9.47 Å². The molecular weight excluding hydrogens is 396 g/mol. The normalized spacial score (nSPS) is 16.6. The van der Waals surface area contributed by atoms with Gasteiger partial charge in [0.2, 0.25) is 0 Å². The molecular formula is C24H26N2O5. The van der Waals surface area contributed by atoms with Gasteiger partial charge in [-0.25, -0.2) is 9.59 Å². The minimum Gasteiger partial charge on any atom is -0.469 e. The molecule has 0 spiro atoms. The van der Waals surface area contributed by atoms with E-state index in [2.05, 4.69) is 5.32 Å². The van der Waals surface area contributed by atoms with Crippen LogP contribution in [0.3, 0.4) is 0 Å². The van der Waals surface area contributed by atoms with Crippen LogP contribution in [0.15, 0.2) is 66.2 Å². The summed E-state index contributed by atoms with van der Waals surface area (Å²) in [7, 11) is 2.56. The smallest absolute Gasteiger partial charge is 0.333 e. The summed E-state index contributed by atoms with van der Waals surface area (Å²) in [5.74, 6) is -1.09. The summed E-state index contributed by atoms with van der Waals surface area (Å²) in [4.78, 5) is 39.4. The van der Waals surface area contributed by atoms with Crippen LogP contribution in [0.1, 0.15) is 30.5 Å². The molecule has 0 saturated heterocycles. The molecule has 2 amide bonds. The van der Waals surface area contributed by atoms with E-state index in [0.717, 1.165) is 16.7 Å². The van der Waals surface area contributed by atoms with Crippen molar-refractivity contribution in [2.45, 2.75) is 25.4 Å². The topological polar surface area (TPSA) is 84.9 Å². The molecule has 1 N–H and O–H groups in total. The van der Waals surface area contributed by atoms with Gasteiger partial charge < -0.3 is 19.7 Å². The number of carbonyl (C=O) groups is 3. The molecule has 0 aromatic heterocycles. The van der Waals surface area contributed by atoms with E-state index < -0.39 is 24.0 Å². The Labute approximate surface area is 181 Å². The quantitative estimate of drug-likeness (QED) is 0.722. The van der Waals surface area contributed by atoms with Crippen molar-refractivity contribution in [2.75, 3.05) is 20.8 Å². The lowest BCUT2D eigenvalue weighted by atomic mass is 9.96. The largest absolute Gasteiger partial charge is 0.469 e. The Bertz CT molecular complexity index is 972. The fourth-order valence-corrected chi connectivity index (χ4v) is 3.73. The van der Waals surface area contributed by atoms with Crippen molar-refractivity contribution in [1.29, 1.82) is 0 Å². The van der Waals surface area contributed by atoms with Crippen molar-refractivity contribution in [3.63, 3.8) is 0 Å². The molecule has 7 nitrogen and oxygen atoms in total. The first-order valence-electron chi connectivity index (χ1n) is 10.00. The Morgan fingerprint density at radius 3 is 2.19 bits per heavy atom. The average molecular weight is 422 g/mol. The zero-order chi connectivity index (χ0) is 22.4. The number of nitrogens with one attached hydrogen (secondary N) is 1. The molecule has 1 heterocycles. The number of nitrogens with zero attached hydrogens (tertiary/aromatic N) is 1. The third-order valence-corrected chi connectivity index (χ3v) is 5.37. The number of amides is 2. The summed E-state index contributed by atoms with van der Waals surface area (Å²) >= 11 is 0. The molecule has 2 aromatic carbocycles. The highest BCUT2D eigenvalue weighted by atomic mass is 16.5. The van der Waals surface area contributed by atoms with E-state index in [-0.39, 0.29) is 19.0 Å². The fraction of sp³-hybridized carbons (Fsp3) is 0.292. The van der Waals surface area contributed by atoms with Gasteiger partial charge in [-0.05, 0) is 29.2 Å². The summed E-state index contributed by atoms with van der Waals surface area (Å²) in [6.45, 7) is 2.04. The molecule has 31 heavy (non-hydrogen) atoms. The highest BCUT2D eigenvalue weighted by molar-refractivity contribution is 5.96. The van der Waals surface area contributed by atoms with E-state index in [9.17, 15) is 14.4 Å². The first-order valence-corrected chi connectivity index (χ1v) is 10.00. The van der Waals surface area contributed by atoms with Gasteiger partial charge in [0.05, 0.1) is 26.7 Å². The Hall–Kier alpha value is -3.61. The van der Waals surface area contributed by atoms with Crippen LogP contribution in [0.2, 0.25) is 0 Å². The lowest BCUT2D eigenvalue weighted by Gasteiger charge is -2.27. The van der Waals surface area contributed by atoms with Crippen molar-refractivity contribution in [3.05, 3.63) is 77.4 Å². The van der Waals surface area contributed by atoms with Crippen LogP contribution in [0.4, 0.5) is 4.79 Å². The molecule has 1 aliphatic rings. The molecule has 162 valence electrons. The summed E-state index contributed by atoms with van der Waals surface area (Å²) < 4.78 is 9.82. The first kappa shape index (κ1) is 22.1. The number of urea groups is 1. The summed E-state index contributed by atoms with van der Waals surface area (Å²) in [6.07, 6.45) is -0.113. The van der Waals surface area contributed by atoms with Crippen molar-refractivity contribution in [3.8, 4) is 0 Å². The summed E-state index contributed by atoms with van der Waals surface area (Å²) in [6, 6.07) is 17.2. The van der Waals surface area contributed by atoms with Crippen LogP contribution in [-0.2, 0) is 19.1 Å². The molecule has 0 bridgehead atoms. The number of ether oxygens (including phenoxy) is 2. The second-order valence-corrected chi connectivity index (χ2v) is 7.26. The van der Waals surface area contributed by atoms with Crippen LogP contribution in [-0.4, -0.2) is 49.7 Å². The zero-order valence-electron chi connectivity index (χ0n) is 17.8. The monoisotopic (exact) mass is 422 g/mol. The van der Waals surface area contributed by atoms with Gasteiger partial charge in [0.15, 0.2) is 6.04 Å². The molecule has 0 radical (unpaired) electrons. The van der Waals surface area contributed by atoms with Gasteiger partial charge in [-0.2, -0.15) is 0 Å². The lowest BCUT2D eigenvalue weighted by molar-refractivity contribution is -0.144. The summed E-state index contributed by atoms with van der Waals surface area (Å²) in [5.41, 5.74) is 3.02. The molecule has 0 fully saturated rings. The Morgan fingerprint density at radius 1 is 1.00 bits per heavy atom. The van der Waals surface area contributed by atoms with Crippen LogP contribution in [0.25, 0.3) is 5.57 Å². The van der Waals surface area contributed by atoms with E-state index in [1.54, 1.807) is 0 Å². The standard InChI is InChI=1S/C24H26N2O5/c1-16(17-10-6-4-7-11-17)25-24(29)26-15-20(18-12-8-5-9-13-18)19(14-21(27)30-2)22(26)23(28)31-3/h4-13,16,22H,14-15H2,1-3H3,(H,25,29)/t16-,22+/m1/s1. The zero-order valence-corrected chi connectivity index (χ0v) is 17.8. The van der Waals surface area contributed by atoms with Crippen LogP contribution < -0.4 is 5.32 Å². The van der Waals surface area contributed by atoms with Gasteiger partial charge in [-0.3, -0.25) is 4.79 Å². The predicted molar refractivity (Wildman–Crippen MR) is 116 cm³/mol. The third-order valence-electron chi connectivity index (χ3n) is 5.37. The Balaban J connectivity index is 1.94. The molecule has 3 rings (SSSR count). The number of benzene rings is 2. The van der Waals surface area contributed by atoms with Crippen molar-refractivity contribution in [2.24, 2.45) is 0 Å². The second-order valence-electron chi connectivity index (χ2n) is 7.26. The second kappa shape index (κ2) is 9.93. The van der Waals surface area contributed by atoms with Gasteiger partial charge in [0.25, 0.3) is 0 Å². The third kappa shape index (κ3) is 4.94. The SMILES string of the molecule is COC(=O)CC1=C(c2ccccc2)CN(C(=O)N[C@H](C)c2ccccc2)[C@@H]1C(=O)OC. The highest BCUT2D eigenvalue weighted by Gasteiger charge is 2.42. The van der Waals surface area contributed by atoms with Gasteiger partial charge in [-0.1, -0.05) is 60.7 Å². The van der Waals surface area contributed by atoms with Gasteiger partial charge in [0.1, 0.15) is 0 Å². The van der Waals surface area contributed by atoms with Crippen molar-refractivity contribution in [1.82, 2.24) is 10.2 Å². The first-order chi connectivity index (χ1) is 15.0. The molecule has 2 aromatic rings. The predicted octanol–water partition coefficient (Wildman–Crippen LogP) is 3.33. The highest BCUT2D eigenvalue weighted by Crippen LogP contribution is 2.35. The lowest BCUT2D eigenvalue weighted by Crippen LogP contribution is -2.48. The minimum absolute atomic E-state index is 0.113. The molecule has 0 saturated carbocycles. The number of carbonyl (C=O) groups excluding carboxylic acids is 3.